The molecule has 0 unspecified atom stereocenters. The van der Waals surface area contributed by atoms with Gasteiger partial charge in [-0.1, -0.05) is 36.4 Å². The minimum absolute atomic E-state index is 0.00949. The van der Waals surface area contributed by atoms with Crippen LogP contribution in [0.2, 0.25) is 0 Å². The zero-order chi connectivity index (χ0) is 26.4. The largest absolute Gasteiger partial charge is 0.497 e. The van der Waals surface area contributed by atoms with Gasteiger partial charge in [-0.3, -0.25) is 4.79 Å². The molecule has 4 rings (SSSR count). The van der Waals surface area contributed by atoms with E-state index in [1.54, 1.807) is 13.2 Å². The molecule has 0 atom stereocenters. The van der Waals surface area contributed by atoms with Crippen molar-refractivity contribution in [1.82, 2.24) is 9.80 Å². The number of ketones is 1. The highest BCUT2D eigenvalue weighted by Crippen LogP contribution is 2.30. The van der Waals surface area contributed by atoms with Crippen LogP contribution in [0.1, 0.15) is 33.5 Å². The van der Waals surface area contributed by atoms with Gasteiger partial charge in [0.05, 0.1) is 7.11 Å². The van der Waals surface area contributed by atoms with Gasteiger partial charge in [0.1, 0.15) is 5.75 Å². The van der Waals surface area contributed by atoms with Crippen molar-refractivity contribution in [2.75, 3.05) is 59.3 Å². The van der Waals surface area contributed by atoms with Crippen molar-refractivity contribution >= 4 is 17.5 Å². The van der Waals surface area contributed by atoms with E-state index in [1.165, 1.54) is 5.56 Å². The summed E-state index contributed by atoms with van der Waals surface area (Å²) in [7, 11) is 7.93. The van der Waals surface area contributed by atoms with Crippen LogP contribution in [0.4, 0.5) is 5.69 Å². The molecule has 1 fully saturated rings. The number of nitrogens with zero attached hydrogens (tertiary/aromatic N) is 3. The number of aryl methyl sites for hydroxylation is 1. The van der Waals surface area contributed by atoms with E-state index in [2.05, 4.69) is 65.1 Å². The summed E-state index contributed by atoms with van der Waals surface area (Å²) in [5.41, 5.74) is 7.43. The van der Waals surface area contributed by atoms with E-state index in [-0.39, 0.29) is 5.78 Å². The number of hydrogen-bond acceptors (Lipinski definition) is 5. The Morgan fingerprint density at radius 1 is 1.00 bits per heavy atom. The van der Waals surface area contributed by atoms with E-state index >= 15 is 0 Å². The molecule has 1 aliphatic rings. The van der Waals surface area contributed by atoms with Gasteiger partial charge in [-0.25, -0.2) is 0 Å². The van der Waals surface area contributed by atoms with E-state index in [4.69, 9.17) is 4.74 Å². The lowest BCUT2D eigenvalue weighted by Gasteiger charge is -2.24. The molecule has 1 saturated heterocycles. The lowest BCUT2D eigenvalue weighted by atomic mass is 9.96. The van der Waals surface area contributed by atoms with E-state index < -0.39 is 0 Å². The SMILES string of the molecule is COc1ccc(C=CC(=O)c2cc(-c3ccccc3C)cc(N3CCCN(C)CC3)c2)c(CN(C)C)c1. The van der Waals surface area contributed by atoms with E-state index in [9.17, 15) is 4.79 Å². The number of anilines is 1. The van der Waals surface area contributed by atoms with Crippen LogP contribution in [-0.2, 0) is 6.54 Å². The molecule has 0 amide bonds. The average Bonchev–Trinajstić information content (AvgIpc) is 3.11. The highest BCUT2D eigenvalue weighted by atomic mass is 16.5. The van der Waals surface area contributed by atoms with Gasteiger partial charge >= 0.3 is 0 Å². The second kappa shape index (κ2) is 12.2. The molecule has 194 valence electrons. The van der Waals surface area contributed by atoms with Gasteiger partial charge in [-0.15, -0.1) is 0 Å². The zero-order valence-corrected chi connectivity index (χ0v) is 22.8. The van der Waals surface area contributed by atoms with Crippen LogP contribution in [0, 0.1) is 6.92 Å². The number of allylic oxidation sites excluding steroid dienone is 1. The van der Waals surface area contributed by atoms with Gasteiger partial charge in [-0.05, 0) is 105 Å². The molecular formula is C32H39N3O2. The second-order valence-corrected chi connectivity index (χ2v) is 10.2. The molecule has 3 aromatic rings. The van der Waals surface area contributed by atoms with Crippen molar-refractivity contribution in [2.24, 2.45) is 0 Å². The van der Waals surface area contributed by atoms with Crippen LogP contribution in [-0.4, -0.2) is 70.0 Å². The maximum atomic E-state index is 13.5. The summed E-state index contributed by atoms with van der Waals surface area (Å²) in [5.74, 6) is 0.828. The summed E-state index contributed by atoms with van der Waals surface area (Å²) in [6, 6.07) is 20.7. The first kappa shape index (κ1) is 26.6. The van der Waals surface area contributed by atoms with Gasteiger partial charge in [0.25, 0.3) is 0 Å². The minimum atomic E-state index is 0.00949. The average molecular weight is 498 g/mol. The summed E-state index contributed by atoms with van der Waals surface area (Å²) in [6.45, 7) is 6.95. The molecule has 0 saturated carbocycles. The quantitative estimate of drug-likeness (QED) is 0.292. The number of rotatable bonds is 8. The molecule has 0 aliphatic carbocycles. The fourth-order valence-corrected chi connectivity index (χ4v) is 4.90. The van der Waals surface area contributed by atoms with E-state index in [0.29, 0.717) is 5.56 Å². The van der Waals surface area contributed by atoms with Crippen LogP contribution in [0.15, 0.2) is 66.7 Å². The first-order valence-electron chi connectivity index (χ1n) is 13.0. The van der Waals surface area contributed by atoms with Gasteiger partial charge < -0.3 is 19.4 Å². The Labute approximate surface area is 222 Å². The highest BCUT2D eigenvalue weighted by molar-refractivity contribution is 6.08. The van der Waals surface area contributed by atoms with Gasteiger partial charge in [0, 0.05) is 37.4 Å². The Morgan fingerprint density at radius 2 is 1.81 bits per heavy atom. The van der Waals surface area contributed by atoms with Crippen LogP contribution in [0.3, 0.4) is 0 Å². The van der Waals surface area contributed by atoms with Gasteiger partial charge in [0.15, 0.2) is 5.78 Å². The number of benzene rings is 3. The normalized spacial score (nSPS) is 14.8. The molecule has 0 radical (unpaired) electrons. The Bertz CT molecular complexity index is 1260. The number of methoxy groups -OCH3 is 1. The molecule has 5 nitrogen and oxygen atoms in total. The Balaban J connectivity index is 1.70. The van der Waals surface area contributed by atoms with Crippen LogP contribution >= 0.6 is 0 Å². The number of ether oxygens (including phenoxy) is 1. The predicted octanol–water partition coefficient (Wildman–Crippen LogP) is 5.77. The summed E-state index contributed by atoms with van der Waals surface area (Å²) in [5, 5.41) is 0. The molecule has 0 aromatic heterocycles. The van der Waals surface area contributed by atoms with Crippen LogP contribution in [0.25, 0.3) is 17.2 Å². The van der Waals surface area contributed by atoms with E-state index in [1.807, 2.05) is 44.4 Å². The number of hydrogen-bond donors (Lipinski definition) is 0. The van der Waals surface area contributed by atoms with Gasteiger partial charge in [-0.2, -0.15) is 0 Å². The predicted molar refractivity (Wildman–Crippen MR) is 155 cm³/mol. The molecular weight excluding hydrogens is 458 g/mol. The van der Waals surface area contributed by atoms with Crippen LogP contribution in [0.5, 0.6) is 5.75 Å². The molecule has 0 bridgehead atoms. The smallest absolute Gasteiger partial charge is 0.185 e. The first-order valence-corrected chi connectivity index (χ1v) is 13.0. The fraction of sp³-hybridized carbons (Fsp3) is 0.344. The van der Waals surface area contributed by atoms with Crippen molar-refractivity contribution in [1.29, 1.82) is 0 Å². The lowest BCUT2D eigenvalue weighted by Crippen LogP contribution is -2.28. The molecule has 37 heavy (non-hydrogen) atoms. The summed E-state index contributed by atoms with van der Waals surface area (Å²) in [4.78, 5) is 20.5. The maximum absolute atomic E-state index is 13.5. The van der Waals surface area contributed by atoms with Crippen molar-refractivity contribution in [2.45, 2.75) is 19.9 Å². The Hall–Kier alpha value is -3.41. The maximum Gasteiger partial charge on any atom is 0.185 e. The zero-order valence-electron chi connectivity index (χ0n) is 22.8. The van der Waals surface area contributed by atoms with Crippen molar-refractivity contribution in [3.63, 3.8) is 0 Å². The first-order chi connectivity index (χ1) is 17.8. The van der Waals surface area contributed by atoms with Crippen molar-refractivity contribution in [3.8, 4) is 16.9 Å². The molecule has 1 aliphatic heterocycles. The number of carbonyl (C=O) groups is 1. The fourth-order valence-electron chi connectivity index (χ4n) is 4.90. The van der Waals surface area contributed by atoms with Crippen molar-refractivity contribution < 1.29 is 9.53 Å². The van der Waals surface area contributed by atoms with Crippen molar-refractivity contribution in [3.05, 3.63) is 89.0 Å². The number of likely N-dealkylation sites (N-methyl/N-ethyl adjacent to an activating group) is 1. The Morgan fingerprint density at radius 3 is 2.57 bits per heavy atom. The van der Waals surface area contributed by atoms with Crippen LogP contribution < -0.4 is 9.64 Å². The third-order valence-corrected chi connectivity index (χ3v) is 6.99. The third-order valence-electron chi connectivity index (χ3n) is 6.99. The molecule has 0 N–H and O–H groups in total. The summed E-state index contributed by atoms with van der Waals surface area (Å²) in [6.07, 6.45) is 4.75. The molecule has 1 heterocycles. The topological polar surface area (TPSA) is 36.0 Å². The lowest BCUT2D eigenvalue weighted by molar-refractivity contribution is 0.104. The summed E-state index contributed by atoms with van der Waals surface area (Å²) < 4.78 is 5.42. The second-order valence-electron chi connectivity index (χ2n) is 10.2. The summed E-state index contributed by atoms with van der Waals surface area (Å²) >= 11 is 0. The van der Waals surface area contributed by atoms with Gasteiger partial charge in [0.2, 0.25) is 0 Å². The number of carbonyl (C=O) groups excluding carboxylic acids is 1. The standard InChI is InChI=1S/C32H39N3O2/c1-24-9-6-7-10-31(24)26-19-27(21-29(20-26)35-16-8-15-34(4)17-18-35)32(36)14-12-25-11-13-30(37-5)22-28(25)23-33(2)3/h6-7,9-14,19-22H,8,15-18,23H2,1-5H3. The minimum Gasteiger partial charge on any atom is -0.497 e. The molecule has 5 heteroatoms. The monoisotopic (exact) mass is 497 g/mol. The molecule has 0 spiro atoms. The molecule has 3 aromatic carbocycles. The third kappa shape index (κ3) is 6.88. The van der Waals surface area contributed by atoms with E-state index in [0.717, 1.165) is 72.8 Å². The highest BCUT2D eigenvalue weighted by Gasteiger charge is 2.17. The Kier molecular flexibility index (Phi) is 8.80.